The van der Waals surface area contributed by atoms with Crippen molar-refractivity contribution in [2.24, 2.45) is 0 Å². The second-order valence-electron chi connectivity index (χ2n) is 4.89. The van der Waals surface area contributed by atoms with Crippen molar-refractivity contribution in [1.29, 1.82) is 0 Å². The van der Waals surface area contributed by atoms with Crippen molar-refractivity contribution in [3.8, 4) is 23.0 Å². The number of carboxylic acids is 1. The summed E-state index contributed by atoms with van der Waals surface area (Å²) in [5, 5.41) is 37.2. The second kappa shape index (κ2) is 7.69. The van der Waals surface area contributed by atoms with E-state index in [1.54, 1.807) is 0 Å². The van der Waals surface area contributed by atoms with Crippen LogP contribution in [-0.2, 0) is 9.59 Å². The van der Waals surface area contributed by atoms with Gasteiger partial charge in [-0.15, -0.1) is 0 Å². The van der Waals surface area contributed by atoms with Crippen LogP contribution < -0.4 is 4.74 Å². The fourth-order valence-electron chi connectivity index (χ4n) is 1.87. The van der Waals surface area contributed by atoms with Gasteiger partial charge in [0.1, 0.15) is 23.0 Å². The van der Waals surface area contributed by atoms with E-state index >= 15 is 0 Å². The van der Waals surface area contributed by atoms with Crippen LogP contribution in [0.15, 0.2) is 48.6 Å². The molecule has 0 aliphatic carbocycles. The lowest BCUT2D eigenvalue weighted by Crippen LogP contribution is -2.03. The van der Waals surface area contributed by atoms with Gasteiger partial charge in [0.05, 0.1) is 0 Å². The molecule has 0 atom stereocenters. The number of esters is 1. The molecule has 0 saturated carbocycles. The molecule has 0 aromatic heterocycles. The Morgan fingerprint density at radius 3 is 2.12 bits per heavy atom. The predicted octanol–water partition coefficient (Wildman–Crippen LogP) is 2.52. The van der Waals surface area contributed by atoms with E-state index in [-0.39, 0.29) is 34.1 Å². The number of aromatic hydroxyl groups is 3. The molecule has 0 saturated heterocycles. The highest BCUT2D eigenvalue weighted by atomic mass is 16.5. The van der Waals surface area contributed by atoms with Crippen LogP contribution in [0.3, 0.4) is 0 Å². The number of phenolic OH excluding ortho intramolecular Hbond substituents is 3. The number of aliphatic carboxylic acids is 1. The van der Waals surface area contributed by atoms with Crippen molar-refractivity contribution < 1.29 is 34.8 Å². The summed E-state index contributed by atoms with van der Waals surface area (Å²) >= 11 is 0. The van der Waals surface area contributed by atoms with E-state index in [2.05, 4.69) is 0 Å². The van der Waals surface area contributed by atoms with Crippen molar-refractivity contribution in [2.75, 3.05) is 0 Å². The topological polar surface area (TPSA) is 124 Å². The van der Waals surface area contributed by atoms with Crippen LogP contribution >= 0.6 is 0 Å². The van der Waals surface area contributed by atoms with Crippen LogP contribution in [0, 0.1) is 0 Å². The maximum atomic E-state index is 11.8. The number of carbonyl (C=O) groups is 2. The highest BCUT2D eigenvalue weighted by Gasteiger charge is 2.06. The van der Waals surface area contributed by atoms with Crippen LogP contribution in [0.5, 0.6) is 23.0 Å². The number of hydrogen-bond acceptors (Lipinski definition) is 6. The van der Waals surface area contributed by atoms with Crippen molar-refractivity contribution >= 4 is 24.1 Å². The van der Waals surface area contributed by atoms with E-state index < -0.39 is 11.9 Å². The molecule has 2 aromatic rings. The molecule has 0 bridgehead atoms. The molecule has 0 aliphatic heterocycles. The Morgan fingerprint density at radius 1 is 0.840 bits per heavy atom. The summed E-state index contributed by atoms with van der Waals surface area (Å²) in [7, 11) is 0. The molecule has 2 rings (SSSR count). The fourth-order valence-corrected chi connectivity index (χ4v) is 1.87. The molecule has 0 spiro atoms. The number of carbonyl (C=O) groups excluding carboxylic acids is 1. The molecular weight excluding hydrogens is 328 g/mol. The van der Waals surface area contributed by atoms with Crippen molar-refractivity contribution in [3.63, 3.8) is 0 Å². The fraction of sp³-hybridized carbons (Fsp3) is 0. The Kier molecular flexibility index (Phi) is 5.42. The lowest BCUT2D eigenvalue weighted by molar-refractivity contribution is -0.131. The van der Waals surface area contributed by atoms with Crippen LogP contribution in [0.25, 0.3) is 12.2 Å². The summed E-state index contributed by atoms with van der Waals surface area (Å²) in [5.41, 5.74) is 0.398. The molecule has 0 radical (unpaired) electrons. The number of rotatable bonds is 5. The highest BCUT2D eigenvalue weighted by Crippen LogP contribution is 2.25. The zero-order valence-electron chi connectivity index (χ0n) is 12.8. The standard InChI is InChI=1S/C18H14O7/c19-13-3-5-15(20)11(9-13)2-8-18(24)25-14-4-6-16(21)12(10-14)1-7-17(22)23/h1-10,19-21H,(H,22,23). The Bertz CT molecular complexity index is 866. The molecule has 7 heteroatoms. The van der Waals surface area contributed by atoms with Crippen molar-refractivity contribution in [2.45, 2.75) is 0 Å². The summed E-state index contributed by atoms with van der Waals surface area (Å²) in [5.74, 6) is -2.21. The first-order valence-electron chi connectivity index (χ1n) is 7.01. The molecule has 0 amide bonds. The highest BCUT2D eigenvalue weighted by molar-refractivity contribution is 5.89. The van der Waals surface area contributed by atoms with Gasteiger partial charge in [-0.1, -0.05) is 0 Å². The van der Waals surface area contributed by atoms with Gasteiger partial charge in [0.25, 0.3) is 0 Å². The second-order valence-corrected chi connectivity index (χ2v) is 4.89. The van der Waals surface area contributed by atoms with E-state index in [9.17, 15) is 24.9 Å². The van der Waals surface area contributed by atoms with Gasteiger partial charge >= 0.3 is 11.9 Å². The van der Waals surface area contributed by atoms with Crippen LogP contribution in [0.4, 0.5) is 0 Å². The summed E-state index contributed by atoms with van der Waals surface area (Å²) in [6.07, 6.45) is 4.32. The van der Waals surface area contributed by atoms with E-state index in [1.807, 2.05) is 0 Å². The summed E-state index contributed by atoms with van der Waals surface area (Å²) < 4.78 is 5.05. The molecule has 0 heterocycles. The third kappa shape index (κ3) is 5.14. The van der Waals surface area contributed by atoms with Gasteiger partial charge in [-0.2, -0.15) is 0 Å². The lowest BCUT2D eigenvalue weighted by atomic mass is 10.1. The van der Waals surface area contributed by atoms with Crippen LogP contribution in [-0.4, -0.2) is 32.4 Å². The molecule has 25 heavy (non-hydrogen) atoms. The maximum Gasteiger partial charge on any atom is 0.336 e. The number of ether oxygens (including phenoxy) is 1. The first-order chi connectivity index (χ1) is 11.8. The van der Waals surface area contributed by atoms with E-state index in [0.717, 1.165) is 18.2 Å². The summed E-state index contributed by atoms with van der Waals surface area (Å²) in [6, 6.07) is 7.75. The third-order valence-electron chi connectivity index (χ3n) is 3.03. The summed E-state index contributed by atoms with van der Waals surface area (Å²) in [6.45, 7) is 0. The quantitative estimate of drug-likeness (QED) is 0.285. The normalized spacial score (nSPS) is 11.0. The van der Waals surface area contributed by atoms with Gasteiger partial charge in [0.15, 0.2) is 0 Å². The lowest BCUT2D eigenvalue weighted by Gasteiger charge is -2.05. The Hall–Kier alpha value is -3.74. The molecule has 0 unspecified atom stereocenters. The van der Waals surface area contributed by atoms with Gasteiger partial charge in [0, 0.05) is 23.3 Å². The average Bonchev–Trinajstić information content (AvgIpc) is 2.56. The first kappa shape index (κ1) is 17.6. The van der Waals surface area contributed by atoms with E-state index in [0.29, 0.717) is 0 Å². The van der Waals surface area contributed by atoms with Gasteiger partial charge in [-0.25, -0.2) is 9.59 Å². The minimum Gasteiger partial charge on any atom is -0.508 e. The van der Waals surface area contributed by atoms with E-state index in [1.165, 1.54) is 42.5 Å². The largest absolute Gasteiger partial charge is 0.508 e. The number of carboxylic acid groups (broad SMARTS) is 1. The van der Waals surface area contributed by atoms with Gasteiger partial charge in [-0.05, 0) is 48.6 Å². The maximum absolute atomic E-state index is 11.8. The van der Waals surface area contributed by atoms with Crippen LogP contribution in [0.2, 0.25) is 0 Å². The Labute approximate surface area is 142 Å². The number of phenols is 3. The molecule has 128 valence electrons. The molecule has 2 aromatic carbocycles. The summed E-state index contributed by atoms with van der Waals surface area (Å²) in [4.78, 5) is 22.3. The molecular formula is C18H14O7. The van der Waals surface area contributed by atoms with Crippen LogP contribution in [0.1, 0.15) is 11.1 Å². The van der Waals surface area contributed by atoms with E-state index in [4.69, 9.17) is 9.84 Å². The molecule has 0 aliphatic rings. The monoisotopic (exact) mass is 342 g/mol. The predicted molar refractivity (Wildman–Crippen MR) is 89.2 cm³/mol. The Morgan fingerprint density at radius 2 is 1.44 bits per heavy atom. The zero-order valence-corrected chi connectivity index (χ0v) is 12.8. The molecule has 0 fully saturated rings. The van der Waals surface area contributed by atoms with Crippen molar-refractivity contribution in [1.82, 2.24) is 0 Å². The Balaban J connectivity index is 2.12. The van der Waals surface area contributed by atoms with Gasteiger partial charge in [0.2, 0.25) is 0 Å². The number of hydrogen-bond donors (Lipinski definition) is 4. The van der Waals surface area contributed by atoms with Gasteiger partial charge < -0.3 is 25.2 Å². The zero-order chi connectivity index (χ0) is 18.4. The SMILES string of the molecule is O=C(O)C=Cc1cc(OC(=O)C=Cc2cc(O)ccc2O)ccc1O. The minimum atomic E-state index is -1.18. The first-order valence-corrected chi connectivity index (χ1v) is 7.01. The minimum absolute atomic E-state index is 0.0702. The smallest absolute Gasteiger partial charge is 0.336 e. The molecule has 4 N–H and O–H groups in total. The van der Waals surface area contributed by atoms with Gasteiger partial charge in [-0.3, -0.25) is 0 Å². The molecule has 7 nitrogen and oxygen atoms in total. The third-order valence-corrected chi connectivity index (χ3v) is 3.03. The van der Waals surface area contributed by atoms with Crippen molar-refractivity contribution in [3.05, 3.63) is 59.7 Å². The number of benzene rings is 2. The average molecular weight is 342 g/mol.